The zero-order valence-electron chi connectivity index (χ0n) is 16.1. The van der Waals surface area contributed by atoms with Gasteiger partial charge in [0.1, 0.15) is 17.6 Å². The van der Waals surface area contributed by atoms with Gasteiger partial charge in [-0.15, -0.1) is 0 Å². The number of hydrogen-bond donors (Lipinski definition) is 2. The van der Waals surface area contributed by atoms with Crippen LogP contribution in [0.25, 0.3) is 0 Å². The Morgan fingerprint density at radius 2 is 1.62 bits per heavy atom. The molecule has 2 amide bonds. The lowest BCUT2D eigenvalue weighted by atomic mass is 10.0. The minimum Gasteiger partial charge on any atom is -0.435 e. The number of rotatable bonds is 9. The van der Waals surface area contributed by atoms with Crippen LogP contribution in [-0.2, 0) is 11.2 Å². The van der Waals surface area contributed by atoms with E-state index in [0.29, 0.717) is 13.0 Å². The van der Waals surface area contributed by atoms with Crippen LogP contribution in [0.2, 0.25) is 0 Å². The molecule has 0 aliphatic carbocycles. The molecule has 0 spiro atoms. The maximum Gasteiger partial charge on any atom is 0.387 e. The highest BCUT2D eigenvalue weighted by molar-refractivity contribution is 5.97. The fraction of sp³-hybridized carbons (Fsp3) is 0.333. The molecule has 0 saturated carbocycles. The van der Waals surface area contributed by atoms with Gasteiger partial charge in [-0.05, 0) is 54.3 Å². The van der Waals surface area contributed by atoms with Gasteiger partial charge >= 0.3 is 6.61 Å². The van der Waals surface area contributed by atoms with Crippen LogP contribution in [0.1, 0.15) is 29.8 Å². The molecule has 8 heteroatoms. The van der Waals surface area contributed by atoms with E-state index in [1.165, 1.54) is 36.4 Å². The molecule has 2 aromatic rings. The first-order valence-corrected chi connectivity index (χ1v) is 9.14. The molecule has 1 atom stereocenters. The molecule has 29 heavy (non-hydrogen) atoms. The summed E-state index contributed by atoms with van der Waals surface area (Å²) in [6, 6.07) is 10.4. The summed E-state index contributed by atoms with van der Waals surface area (Å²) in [6.45, 7) is 1.04. The predicted octanol–water partition coefficient (Wildman–Crippen LogP) is 3.54. The molecule has 0 aliphatic rings. The number of benzene rings is 2. The van der Waals surface area contributed by atoms with E-state index in [9.17, 15) is 22.8 Å². The Hall–Kier alpha value is -3.03. The lowest BCUT2D eigenvalue weighted by Gasteiger charge is -2.22. The molecule has 5 nitrogen and oxygen atoms in total. The van der Waals surface area contributed by atoms with E-state index in [2.05, 4.69) is 15.4 Å². The summed E-state index contributed by atoms with van der Waals surface area (Å²) in [4.78, 5) is 24.8. The Bertz CT molecular complexity index is 809. The fourth-order valence-corrected chi connectivity index (χ4v) is 2.64. The zero-order chi connectivity index (χ0) is 21.4. The summed E-state index contributed by atoms with van der Waals surface area (Å²) in [5.74, 6) is -1.35. The number of amides is 2. The minimum absolute atomic E-state index is 0.0659. The van der Waals surface area contributed by atoms with Crippen LogP contribution in [0.5, 0.6) is 5.75 Å². The van der Waals surface area contributed by atoms with Gasteiger partial charge in [0.25, 0.3) is 5.91 Å². The van der Waals surface area contributed by atoms with Crippen molar-refractivity contribution in [3.63, 3.8) is 0 Å². The second-order valence-corrected chi connectivity index (χ2v) is 6.77. The van der Waals surface area contributed by atoms with Crippen molar-refractivity contribution < 1.29 is 27.5 Å². The third-order valence-electron chi connectivity index (χ3n) is 4.20. The quantitative estimate of drug-likeness (QED) is 0.667. The Kier molecular flexibility index (Phi) is 8.06. The summed E-state index contributed by atoms with van der Waals surface area (Å²) in [6.07, 6.45) is 0.484. The van der Waals surface area contributed by atoms with Gasteiger partial charge in [0, 0.05) is 12.1 Å². The summed E-state index contributed by atoms with van der Waals surface area (Å²) in [5, 5.41) is 5.43. The molecular weight excluding hydrogens is 385 g/mol. The average molecular weight is 408 g/mol. The van der Waals surface area contributed by atoms with Crippen LogP contribution in [-0.4, -0.2) is 31.0 Å². The second-order valence-electron chi connectivity index (χ2n) is 6.77. The molecule has 2 rings (SSSR count). The third-order valence-corrected chi connectivity index (χ3v) is 4.20. The van der Waals surface area contributed by atoms with Gasteiger partial charge in [-0.2, -0.15) is 8.78 Å². The monoisotopic (exact) mass is 408 g/mol. The first-order chi connectivity index (χ1) is 13.8. The van der Waals surface area contributed by atoms with Gasteiger partial charge in [0.05, 0.1) is 0 Å². The molecule has 0 fully saturated rings. The van der Waals surface area contributed by atoms with Gasteiger partial charge in [0.2, 0.25) is 5.91 Å². The van der Waals surface area contributed by atoms with Crippen LogP contribution in [0.15, 0.2) is 48.5 Å². The van der Waals surface area contributed by atoms with E-state index in [0.717, 1.165) is 5.56 Å². The van der Waals surface area contributed by atoms with Crippen molar-refractivity contribution in [2.75, 3.05) is 6.54 Å². The maximum absolute atomic E-state index is 13.0. The number of alkyl halides is 2. The summed E-state index contributed by atoms with van der Waals surface area (Å²) in [5.41, 5.74) is 1.10. The van der Waals surface area contributed by atoms with Crippen LogP contribution in [0.3, 0.4) is 0 Å². The van der Waals surface area contributed by atoms with Gasteiger partial charge in [0.15, 0.2) is 0 Å². The first-order valence-electron chi connectivity index (χ1n) is 9.14. The van der Waals surface area contributed by atoms with Gasteiger partial charge in [-0.1, -0.05) is 26.0 Å². The maximum atomic E-state index is 13.0. The van der Waals surface area contributed by atoms with Crippen molar-refractivity contribution in [3.8, 4) is 5.75 Å². The largest absolute Gasteiger partial charge is 0.435 e. The Morgan fingerprint density at radius 1 is 1.00 bits per heavy atom. The molecule has 0 aliphatic heterocycles. The van der Waals surface area contributed by atoms with Crippen molar-refractivity contribution in [3.05, 3.63) is 65.5 Å². The number of carbonyl (C=O) groups is 2. The Balaban J connectivity index is 1.87. The highest BCUT2D eigenvalue weighted by atomic mass is 19.3. The normalized spacial score (nSPS) is 12.0. The van der Waals surface area contributed by atoms with E-state index in [1.807, 2.05) is 0 Å². The van der Waals surface area contributed by atoms with E-state index >= 15 is 0 Å². The zero-order valence-corrected chi connectivity index (χ0v) is 16.1. The molecule has 0 radical (unpaired) electrons. The minimum atomic E-state index is -2.88. The SMILES string of the molecule is CC(C)[C@H](NC(=O)c1ccc(F)cc1)C(=O)NCCc1ccc(OC(F)F)cc1. The smallest absolute Gasteiger partial charge is 0.387 e. The fourth-order valence-electron chi connectivity index (χ4n) is 2.64. The van der Waals surface area contributed by atoms with E-state index in [1.54, 1.807) is 26.0 Å². The summed E-state index contributed by atoms with van der Waals surface area (Å²) in [7, 11) is 0. The van der Waals surface area contributed by atoms with E-state index in [4.69, 9.17) is 0 Å². The molecule has 156 valence electrons. The van der Waals surface area contributed by atoms with Crippen molar-refractivity contribution in [2.24, 2.45) is 5.92 Å². The first kappa shape index (κ1) is 22.3. The van der Waals surface area contributed by atoms with E-state index < -0.39 is 24.4 Å². The third kappa shape index (κ3) is 7.14. The van der Waals surface area contributed by atoms with Crippen LogP contribution >= 0.6 is 0 Å². The van der Waals surface area contributed by atoms with Gasteiger partial charge in [-0.3, -0.25) is 9.59 Å². The lowest BCUT2D eigenvalue weighted by Crippen LogP contribution is -2.50. The topological polar surface area (TPSA) is 67.4 Å². The number of ether oxygens (including phenoxy) is 1. The summed E-state index contributed by atoms with van der Waals surface area (Å²) < 4.78 is 41.6. The summed E-state index contributed by atoms with van der Waals surface area (Å²) >= 11 is 0. The van der Waals surface area contributed by atoms with Crippen molar-refractivity contribution in [2.45, 2.75) is 32.9 Å². The van der Waals surface area contributed by atoms with Crippen LogP contribution < -0.4 is 15.4 Å². The van der Waals surface area contributed by atoms with Crippen molar-refractivity contribution >= 4 is 11.8 Å². The molecular formula is C21H23F3N2O3. The molecule has 0 aromatic heterocycles. The highest BCUT2D eigenvalue weighted by Crippen LogP contribution is 2.15. The highest BCUT2D eigenvalue weighted by Gasteiger charge is 2.24. The molecule has 0 bridgehead atoms. The van der Waals surface area contributed by atoms with Crippen LogP contribution in [0, 0.1) is 11.7 Å². The number of hydrogen-bond acceptors (Lipinski definition) is 3. The molecule has 0 saturated heterocycles. The Labute approximate surface area is 167 Å². The predicted molar refractivity (Wildman–Crippen MR) is 102 cm³/mol. The number of carbonyl (C=O) groups excluding carboxylic acids is 2. The van der Waals surface area contributed by atoms with E-state index in [-0.39, 0.29) is 23.1 Å². The molecule has 2 N–H and O–H groups in total. The van der Waals surface area contributed by atoms with Crippen LogP contribution in [0.4, 0.5) is 13.2 Å². The van der Waals surface area contributed by atoms with Gasteiger partial charge < -0.3 is 15.4 Å². The van der Waals surface area contributed by atoms with Gasteiger partial charge in [-0.25, -0.2) is 4.39 Å². The molecule has 0 heterocycles. The number of halogens is 3. The lowest BCUT2D eigenvalue weighted by molar-refractivity contribution is -0.123. The molecule has 0 unspecified atom stereocenters. The average Bonchev–Trinajstić information content (AvgIpc) is 2.67. The second kappa shape index (κ2) is 10.5. The van der Waals surface area contributed by atoms with Crippen molar-refractivity contribution in [1.82, 2.24) is 10.6 Å². The number of nitrogens with one attached hydrogen (secondary N) is 2. The molecule has 2 aromatic carbocycles. The van der Waals surface area contributed by atoms with Crippen molar-refractivity contribution in [1.29, 1.82) is 0 Å². The Morgan fingerprint density at radius 3 is 2.17 bits per heavy atom. The standard InChI is InChI=1S/C21H23F3N2O3/c1-13(2)18(26-19(27)15-5-7-16(22)8-6-15)20(28)25-12-11-14-3-9-17(10-4-14)29-21(23)24/h3-10,13,18,21H,11-12H2,1-2H3,(H,25,28)(H,26,27)/t18-/m0/s1.